The van der Waals surface area contributed by atoms with Gasteiger partial charge in [-0.1, -0.05) is 6.92 Å². The average Bonchev–Trinajstić information content (AvgIpc) is 2.62. The first kappa shape index (κ1) is 13.3. The van der Waals surface area contributed by atoms with Gasteiger partial charge in [-0.15, -0.1) is 0 Å². The van der Waals surface area contributed by atoms with Gasteiger partial charge < -0.3 is 5.73 Å². The summed E-state index contributed by atoms with van der Waals surface area (Å²) in [4.78, 5) is -0.0524. The Bertz CT molecular complexity index is 545. The number of anilines is 1. The molecule has 1 aliphatic carbocycles. The molecule has 0 saturated heterocycles. The SMILES string of the molecule is CC1CCC(NS(=O)(=O)c2ccc(F)cc2N)C1. The van der Waals surface area contributed by atoms with Crippen molar-refractivity contribution in [3.8, 4) is 0 Å². The number of hydrogen-bond acceptors (Lipinski definition) is 3. The van der Waals surface area contributed by atoms with Crippen molar-refractivity contribution in [3.63, 3.8) is 0 Å². The van der Waals surface area contributed by atoms with Gasteiger partial charge in [0.25, 0.3) is 0 Å². The van der Waals surface area contributed by atoms with Gasteiger partial charge in [0.2, 0.25) is 10.0 Å². The third-order valence-electron chi connectivity index (χ3n) is 3.28. The zero-order valence-electron chi connectivity index (χ0n) is 10.2. The van der Waals surface area contributed by atoms with E-state index in [1.165, 1.54) is 6.07 Å². The Kier molecular flexibility index (Phi) is 3.59. The summed E-state index contributed by atoms with van der Waals surface area (Å²) < 4.78 is 39.8. The van der Waals surface area contributed by atoms with E-state index >= 15 is 0 Å². The van der Waals surface area contributed by atoms with Crippen LogP contribution < -0.4 is 10.5 Å². The van der Waals surface area contributed by atoms with Gasteiger partial charge in [0.15, 0.2) is 0 Å². The number of sulfonamides is 1. The lowest BCUT2D eigenvalue weighted by Gasteiger charge is -2.14. The monoisotopic (exact) mass is 272 g/mol. The Balaban J connectivity index is 2.20. The van der Waals surface area contributed by atoms with Crippen LogP contribution in [0.4, 0.5) is 10.1 Å². The molecule has 4 nitrogen and oxygen atoms in total. The fourth-order valence-electron chi connectivity index (χ4n) is 2.36. The van der Waals surface area contributed by atoms with Gasteiger partial charge >= 0.3 is 0 Å². The van der Waals surface area contributed by atoms with Crippen molar-refractivity contribution in [2.45, 2.75) is 37.1 Å². The van der Waals surface area contributed by atoms with Crippen LogP contribution in [0.25, 0.3) is 0 Å². The first-order valence-electron chi connectivity index (χ1n) is 5.96. The maximum absolute atomic E-state index is 12.9. The molecule has 1 aromatic carbocycles. The van der Waals surface area contributed by atoms with Gasteiger partial charge in [-0.3, -0.25) is 0 Å². The van der Waals surface area contributed by atoms with Crippen LogP contribution in [0.2, 0.25) is 0 Å². The Labute approximate surface area is 106 Å². The van der Waals surface area contributed by atoms with Crippen molar-refractivity contribution in [1.29, 1.82) is 0 Å². The third-order valence-corrected chi connectivity index (χ3v) is 4.87. The first-order valence-corrected chi connectivity index (χ1v) is 7.44. The van der Waals surface area contributed by atoms with E-state index in [0.29, 0.717) is 5.92 Å². The van der Waals surface area contributed by atoms with E-state index in [9.17, 15) is 12.8 Å². The minimum Gasteiger partial charge on any atom is -0.398 e. The maximum Gasteiger partial charge on any atom is 0.242 e. The molecule has 1 saturated carbocycles. The van der Waals surface area contributed by atoms with Crippen molar-refractivity contribution < 1.29 is 12.8 Å². The van der Waals surface area contributed by atoms with Gasteiger partial charge in [-0.2, -0.15) is 0 Å². The summed E-state index contributed by atoms with van der Waals surface area (Å²) in [5.41, 5.74) is 5.49. The molecule has 0 aromatic heterocycles. The number of hydrogen-bond donors (Lipinski definition) is 2. The molecule has 0 heterocycles. The molecule has 2 rings (SSSR count). The van der Waals surface area contributed by atoms with Gasteiger partial charge in [-0.25, -0.2) is 17.5 Å². The number of benzene rings is 1. The van der Waals surface area contributed by atoms with E-state index in [4.69, 9.17) is 5.73 Å². The minimum atomic E-state index is -3.66. The summed E-state index contributed by atoms with van der Waals surface area (Å²) >= 11 is 0. The second-order valence-corrected chi connectivity index (χ2v) is 6.60. The molecule has 6 heteroatoms. The summed E-state index contributed by atoms with van der Waals surface area (Å²) in [6.07, 6.45) is 2.69. The van der Waals surface area contributed by atoms with Crippen LogP contribution in [0.15, 0.2) is 23.1 Å². The molecule has 2 atom stereocenters. The molecule has 0 aliphatic heterocycles. The molecule has 3 N–H and O–H groups in total. The number of nitrogens with one attached hydrogen (secondary N) is 1. The molecular formula is C12H17FN2O2S. The van der Waals surface area contributed by atoms with E-state index < -0.39 is 15.8 Å². The maximum atomic E-state index is 12.9. The second kappa shape index (κ2) is 4.85. The number of nitrogens with two attached hydrogens (primary N) is 1. The molecule has 0 bridgehead atoms. The van der Waals surface area contributed by atoms with E-state index in [2.05, 4.69) is 11.6 Å². The average molecular weight is 272 g/mol. The molecule has 18 heavy (non-hydrogen) atoms. The van der Waals surface area contributed by atoms with Crippen LogP contribution in [-0.4, -0.2) is 14.5 Å². The molecular weight excluding hydrogens is 255 g/mol. The third kappa shape index (κ3) is 2.81. The van der Waals surface area contributed by atoms with Crippen molar-refractivity contribution in [1.82, 2.24) is 4.72 Å². The Morgan fingerprint density at radius 2 is 2.11 bits per heavy atom. The lowest BCUT2D eigenvalue weighted by atomic mass is 10.1. The Morgan fingerprint density at radius 3 is 2.67 bits per heavy atom. The van der Waals surface area contributed by atoms with Crippen LogP contribution in [0.3, 0.4) is 0 Å². The van der Waals surface area contributed by atoms with E-state index in [1.54, 1.807) is 0 Å². The number of nitrogen functional groups attached to an aromatic ring is 1. The largest absolute Gasteiger partial charge is 0.398 e. The van der Waals surface area contributed by atoms with Gasteiger partial charge in [0, 0.05) is 6.04 Å². The van der Waals surface area contributed by atoms with E-state index in [-0.39, 0.29) is 16.6 Å². The number of halogens is 1. The van der Waals surface area contributed by atoms with E-state index in [1.807, 2.05) is 0 Å². The quantitative estimate of drug-likeness (QED) is 0.825. The summed E-state index contributed by atoms with van der Waals surface area (Å²) in [5, 5.41) is 0. The highest BCUT2D eigenvalue weighted by Crippen LogP contribution is 2.27. The van der Waals surface area contributed by atoms with Crippen molar-refractivity contribution in [3.05, 3.63) is 24.0 Å². The van der Waals surface area contributed by atoms with Gasteiger partial charge in [-0.05, 0) is 43.4 Å². The normalized spacial score (nSPS) is 24.3. The van der Waals surface area contributed by atoms with Crippen LogP contribution in [0.5, 0.6) is 0 Å². The van der Waals surface area contributed by atoms with Gasteiger partial charge in [0.05, 0.1) is 5.69 Å². The predicted molar refractivity (Wildman–Crippen MR) is 67.9 cm³/mol. The minimum absolute atomic E-state index is 0.0468. The highest BCUT2D eigenvalue weighted by molar-refractivity contribution is 7.89. The van der Waals surface area contributed by atoms with Gasteiger partial charge in [0.1, 0.15) is 10.7 Å². The van der Waals surface area contributed by atoms with Crippen LogP contribution >= 0.6 is 0 Å². The molecule has 0 amide bonds. The molecule has 100 valence electrons. The van der Waals surface area contributed by atoms with Crippen LogP contribution in [0.1, 0.15) is 26.2 Å². The summed E-state index contributed by atoms with van der Waals surface area (Å²) in [6, 6.07) is 3.27. The summed E-state index contributed by atoms with van der Waals surface area (Å²) in [6.45, 7) is 2.10. The lowest BCUT2D eigenvalue weighted by molar-refractivity contribution is 0.538. The molecule has 1 fully saturated rings. The molecule has 0 spiro atoms. The molecule has 2 unspecified atom stereocenters. The molecule has 1 aliphatic rings. The molecule has 0 radical (unpaired) electrons. The highest BCUT2D eigenvalue weighted by atomic mass is 32.2. The number of rotatable bonds is 3. The second-order valence-electron chi connectivity index (χ2n) is 4.92. The Morgan fingerprint density at radius 1 is 1.39 bits per heavy atom. The van der Waals surface area contributed by atoms with Crippen molar-refractivity contribution in [2.24, 2.45) is 5.92 Å². The highest BCUT2D eigenvalue weighted by Gasteiger charge is 2.27. The topological polar surface area (TPSA) is 72.2 Å². The molecule has 1 aromatic rings. The predicted octanol–water partition coefficient (Wildman–Crippen LogP) is 1.87. The van der Waals surface area contributed by atoms with Crippen LogP contribution in [-0.2, 0) is 10.0 Å². The Hall–Kier alpha value is -1.14. The van der Waals surface area contributed by atoms with Crippen molar-refractivity contribution >= 4 is 15.7 Å². The smallest absolute Gasteiger partial charge is 0.242 e. The zero-order valence-corrected chi connectivity index (χ0v) is 11.0. The zero-order chi connectivity index (χ0) is 13.3. The first-order chi connectivity index (χ1) is 8.38. The van der Waals surface area contributed by atoms with Crippen molar-refractivity contribution in [2.75, 3.05) is 5.73 Å². The standard InChI is InChI=1S/C12H17FN2O2S/c1-8-2-4-10(6-8)15-18(16,17)12-5-3-9(13)7-11(12)14/h3,5,7-8,10,15H,2,4,6,14H2,1H3. The lowest BCUT2D eigenvalue weighted by Crippen LogP contribution is -2.33. The fraction of sp³-hybridized carbons (Fsp3) is 0.500. The fourth-order valence-corrected chi connectivity index (χ4v) is 3.76. The van der Waals surface area contributed by atoms with Crippen LogP contribution in [0, 0.1) is 11.7 Å². The summed E-state index contributed by atoms with van der Waals surface area (Å²) in [7, 11) is -3.66. The summed E-state index contributed by atoms with van der Waals surface area (Å²) in [5.74, 6) is -0.01000. The van der Waals surface area contributed by atoms with E-state index in [0.717, 1.165) is 31.4 Å².